The van der Waals surface area contributed by atoms with Gasteiger partial charge in [-0.15, -0.1) is 41.5 Å². The van der Waals surface area contributed by atoms with Gasteiger partial charge in [-0.05, 0) is 48.0 Å². The molecule has 1 fully saturated rings. The van der Waals surface area contributed by atoms with Crippen molar-refractivity contribution in [3.63, 3.8) is 0 Å². The molecule has 4 rings (SSSR count). The van der Waals surface area contributed by atoms with Gasteiger partial charge in [-0.25, -0.2) is 13.2 Å². The van der Waals surface area contributed by atoms with Crippen LogP contribution in [-0.4, -0.2) is 33.6 Å². The van der Waals surface area contributed by atoms with Gasteiger partial charge in [0.2, 0.25) is 11.8 Å². The number of benzene rings is 3. The summed E-state index contributed by atoms with van der Waals surface area (Å²) >= 11 is 19.8. The monoisotopic (exact) mass is 709 g/mol. The lowest BCUT2D eigenvalue weighted by Gasteiger charge is -2.13. The Kier molecular flexibility index (Phi) is 10.4. The third-order valence-corrected chi connectivity index (χ3v) is 8.75. The molecule has 6 nitrogen and oxygen atoms in total. The van der Waals surface area contributed by atoms with Gasteiger partial charge in [0.15, 0.2) is 5.82 Å². The summed E-state index contributed by atoms with van der Waals surface area (Å²) in [6.07, 6.45) is -3.44. The fraction of sp³-hybridized carbons (Fsp3) is 0.207. The predicted molar refractivity (Wildman–Crippen MR) is 163 cm³/mol. The zero-order chi connectivity index (χ0) is 33.3. The third kappa shape index (κ3) is 7.71. The molecule has 0 spiro atoms. The number of amides is 3. The maximum Gasteiger partial charge on any atom is 0.419 e. The van der Waals surface area contributed by atoms with Crippen LogP contribution in [0.4, 0.5) is 43.4 Å². The Morgan fingerprint density at radius 3 is 2.31 bits per heavy atom. The Morgan fingerprint density at radius 2 is 1.64 bits per heavy atom. The number of alkyl halides is 5. The minimum absolute atomic E-state index is 0.0102. The van der Waals surface area contributed by atoms with Crippen LogP contribution in [-0.2, 0) is 15.8 Å². The minimum atomic E-state index is -4.99. The van der Waals surface area contributed by atoms with E-state index >= 15 is 4.39 Å². The minimum Gasteiger partial charge on any atom is -0.326 e. The Hall–Kier alpha value is -3.39. The Bertz CT molecular complexity index is 1690. The SMILES string of the molecule is C=CCSCC(=O)Nc1c(F)ccc(NC(=O)c2cc(NC(=O)[C@H]3[C@H](c4ccc(F)c(C(F)(F)F)c4)C3(Cl)Cl)ccc2Cl)c1F. The second-order valence-corrected chi connectivity index (χ2v) is 12.5. The molecular weight excluding hydrogens is 691 g/mol. The first-order chi connectivity index (χ1) is 21.1. The molecule has 1 aliphatic rings. The predicted octanol–water partition coefficient (Wildman–Crippen LogP) is 8.41. The molecule has 238 valence electrons. The van der Waals surface area contributed by atoms with Gasteiger partial charge in [0, 0.05) is 17.4 Å². The molecule has 16 heteroatoms. The molecule has 0 heterocycles. The smallest absolute Gasteiger partial charge is 0.326 e. The van der Waals surface area contributed by atoms with Crippen LogP contribution in [0.2, 0.25) is 5.02 Å². The first kappa shape index (κ1) is 34.5. The van der Waals surface area contributed by atoms with E-state index in [4.69, 9.17) is 34.8 Å². The highest BCUT2D eigenvalue weighted by Crippen LogP contribution is 2.65. The van der Waals surface area contributed by atoms with Gasteiger partial charge in [-0.3, -0.25) is 14.4 Å². The lowest BCUT2D eigenvalue weighted by atomic mass is 10.0. The van der Waals surface area contributed by atoms with Crippen LogP contribution in [0.15, 0.2) is 61.2 Å². The number of halogens is 9. The van der Waals surface area contributed by atoms with Crippen molar-refractivity contribution in [2.45, 2.75) is 16.4 Å². The Labute approximate surface area is 271 Å². The molecule has 1 aliphatic carbocycles. The van der Waals surface area contributed by atoms with E-state index in [0.717, 1.165) is 36.0 Å². The lowest BCUT2D eigenvalue weighted by molar-refractivity contribution is -0.140. The maximum atomic E-state index is 15.1. The second-order valence-electron chi connectivity index (χ2n) is 9.64. The van der Waals surface area contributed by atoms with Crippen LogP contribution in [0.5, 0.6) is 0 Å². The maximum absolute atomic E-state index is 15.1. The van der Waals surface area contributed by atoms with Gasteiger partial charge in [-0.2, -0.15) is 13.2 Å². The summed E-state index contributed by atoms with van der Waals surface area (Å²) in [7, 11) is 0. The summed E-state index contributed by atoms with van der Waals surface area (Å²) in [5.41, 5.74) is -3.20. The normalized spacial score (nSPS) is 16.9. The van der Waals surface area contributed by atoms with Crippen molar-refractivity contribution in [3.05, 3.63) is 100 Å². The molecule has 0 unspecified atom stereocenters. The van der Waals surface area contributed by atoms with Crippen molar-refractivity contribution in [3.8, 4) is 0 Å². The molecule has 2 atom stereocenters. The molecule has 3 aromatic carbocycles. The van der Waals surface area contributed by atoms with E-state index in [1.165, 1.54) is 12.1 Å². The quantitative estimate of drug-likeness (QED) is 0.0854. The van der Waals surface area contributed by atoms with Crippen molar-refractivity contribution in [2.24, 2.45) is 5.92 Å². The molecule has 0 aromatic heterocycles. The van der Waals surface area contributed by atoms with Gasteiger partial charge in [0.1, 0.15) is 21.7 Å². The number of thioether (sulfide) groups is 1. The Morgan fingerprint density at radius 1 is 0.956 bits per heavy atom. The van der Waals surface area contributed by atoms with Gasteiger partial charge < -0.3 is 16.0 Å². The molecule has 3 amide bonds. The zero-order valence-corrected chi connectivity index (χ0v) is 25.6. The van der Waals surface area contributed by atoms with Crippen molar-refractivity contribution in [1.29, 1.82) is 0 Å². The van der Waals surface area contributed by atoms with Gasteiger partial charge in [0.25, 0.3) is 5.91 Å². The number of carbonyl (C=O) groups is 3. The average Bonchev–Trinajstić information content (AvgIpc) is 3.55. The van der Waals surface area contributed by atoms with E-state index in [1.807, 2.05) is 0 Å². The van der Waals surface area contributed by atoms with Gasteiger partial charge >= 0.3 is 6.18 Å². The highest BCUT2D eigenvalue weighted by Gasteiger charge is 2.67. The van der Waals surface area contributed by atoms with E-state index in [0.29, 0.717) is 17.9 Å². The van der Waals surface area contributed by atoms with Crippen LogP contribution in [0.1, 0.15) is 27.4 Å². The molecule has 0 aliphatic heterocycles. The average molecular weight is 711 g/mol. The fourth-order valence-electron chi connectivity index (χ4n) is 4.38. The molecule has 1 saturated carbocycles. The molecule has 0 radical (unpaired) electrons. The summed E-state index contributed by atoms with van der Waals surface area (Å²) in [5, 5.41) is 6.67. The van der Waals surface area contributed by atoms with E-state index < -0.39 is 74.5 Å². The van der Waals surface area contributed by atoms with Gasteiger partial charge in [-0.1, -0.05) is 23.7 Å². The van der Waals surface area contributed by atoms with Crippen molar-refractivity contribution in [2.75, 3.05) is 27.5 Å². The van der Waals surface area contributed by atoms with Crippen LogP contribution < -0.4 is 16.0 Å². The van der Waals surface area contributed by atoms with E-state index in [-0.39, 0.29) is 27.6 Å². The molecular formula is C29H20Cl3F6N3O3S. The molecule has 3 N–H and O–H groups in total. The van der Waals surface area contributed by atoms with Crippen LogP contribution in [0, 0.1) is 23.4 Å². The standard InChI is InChI=1S/C29H20Cl3F6N3O3S/c1-2-9-45-12-21(42)41-25-19(34)7-8-20(24(25)35)40-26(43)15-11-14(4-5-17(15)30)39-27(44)23-22(28(23,31)32)13-3-6-18(33)16(10-13)29(36,37)38/h2-8,10-11,22-23H,1,9,12H2,(H,39,44)(H,40,43)(H,41,42)/t22-,23+/m0/s1. The summed E-state index contributed by atoms with van der Waals surface area (Å²) in [4.78, 5) is 38.1. The van der Waals surface area contributed by atoms with E-state index in [9.17, 15) is 36.3 Å². The summed E-state index contributed by atoms with van der Waals surface area (Å²) < 4.78 is 80.9. The first-order valence-electron chi connectivity index (χ1n) is 12.7. The van der Waals surface area contributed by atoms with Crippen LogP contribution >= 0.6 is 46.6 Å². The number of rotatable bonds is 10. The highest BCUT2D eigenvalue weighted by molar-refractivity contribution is 8.00. The van der Waals surface area contributed by atoms with Crippen LogP contribution in [0.25, 0.3) is 0 Å². The summed E-state index contributed by atoms with van der Waals surface area (Å²) in [6, 6.07) is 7.59. The Balaban J connectivity index is 1.49. The number of anilines is 3. The molecule has 0 saturated heterocycles. The van der Waals surface area contributed by atoms with Crippen molar-refractivity contribution < 1.29 is 40.7 Å². The lowest BCUT2D eigenvalue weighted by Crippen LogP contribution is -2.19. The van der Waals surface area contributed by atoms with Crippen LogP contribution in [0.3, 0.4) is 0 Å². The largest absolute Gasteiger partial charge is 0.419 e. The number of hydrogen-bond donors (Lipinski definition) is 3. The fourth-order valence-corrected chi connectivity index (χ4v) is 5.96. The summed E-state index contributed by atoms with van der Waals surface area (Å²) in [5.74, 6) is -8.38. The number of nitrogens with one attached hydrogen (secondary N) is 3. The van der Waals surface area contributed by atoms with Crippen molar-refractivity contribution in [1.82, 2.24) is 0 Å². The van der Waals surface area contributed by atoms with E-state index in [1.54, 1.807) is 6.08 Å². The van der Waals surface area contributed by atoms with E-state index in [2.05, 4.69) is 22.5 Å². The highest BCUT2D eigenvalue weighted by atomic mass is 35.5. The topological polar surface area (TPSA) is 87.3 Å². The molecule has 0 bridgehead atoms. The third-order valence-electron chi connectivity index (χ3n) is 6.54. The van der Waals surface area contributed by atoms with Crippen molar-refractivity contribution >= 4 is 81.3 Å². The number of carbonyl (C=O) groups excluding carboxylic acids is 3. The number of hydrogen-bond acceptors (Lipinski definition) is 4. The molecule has 3 aromatic rings. The van der Waals surface area contributed by atoms with Gasteiger partial charge in [0.05, 0.1) is 33.5 Å². The summed E-state index contributed by atoms with van der Waals surface area (Å²) in [6.45, 7) is 3.51. The first-order valence-corrected chi connectivity index (χ1v) is 15.0. The second kappa shape index (κ2) is 13.5. The zero-order valence-electron chi connectivity index (χ0n) is 22.5. The molecule has 45 heavy (non-hydrogen) atoms.